The fourth-order valence-electron chi connectivity index (χ4n) is 2.82. The first kappa shape index (κ1) is 15.2. The summed E-state index contributed by atoms with van der Waals surface area (Å²) in [6, 6.07) is 8.67. The molecule has 1 N–H and O–H groups in total. The fourth-order valence-corrected chi connectivity index (χ4v) is 2.82. The first-order valence-electron chi connectivity index (χ1n) is 7.80. The second kappa shape index (κ2) is 7.03. The van der Waals surface area contributed by atoms with Crippen LogP contribution in [0.3, 0.4) is 0 Å². The van der Waals surface area contributed by atoms with Gasteiger partial charge in [-0.3, -0.25) is 0 Å². The average molecular weight is 304 g/mol. The van der Waals surface area contributed by atoms with Crippen molar-refractivity contribution in [3.05, 3.63) is 36.1 Å². The van der Waals surface area contributed by atoms with Crippen molar-refractivity contribution < 1.29 is 14.2 Å². The van der Waals surface area contributed by atoms with Crippen molar-refractivity contribution in [3.8, 4) is 0 Å². The zero-order valence-corrected chi connectivity index (χ0v) is 12.5. The maximum atomic E-state index is 13.3. The number of aliphatic hydroxyl groups is 1. The quantitative estimate of drug-likeness (QED) is 0.863. The Morgan fingerprint density at radius 3 is 2.77 bits per heavy atom. The number of halogens is 1. The minimum atomic E-state index is -0.256. The molecular formula is C17H21FN2O2. The summed E-state index contributed by atoms with van der Waals surface area (Å²) in [4.78, 5) is 6.79. The Kier molecular flexibility index (Phi) is 4.85. The van der Waals surface area contributed by atoms with Crippen molar-refractivity contribution in [2.45, 2.75) is 25.4 Å². The molecule has 1 aliphatic heterocycles. The normalized spacial score (nSPS) is 16.4. The summed E-state index contributed by atoms with van der Waals surface area (Å²) in [6.45, 7) is 2.57. The molecule has 0 radical (unpaired) electrons. The molecule has 1 fully saturated rings. The molecule has 4 nitrogen and oxygen atoms in total. The number of fused-ring (bicyclic) bond motifs is 1. The summed E-state index contributed by atoms with van der Waals surface area (Å²) in [5, 5.41) is 9.72. The number of benzene rings is 1. The van der Waals surface area contributed by atoms with E-state index in [1.165, 1.54) is 12.1 Å². The van der Waals surface area contributed by atoms with Gasteiger partial charge >= 0.3 is 0 Å². The minimum absolute atomic E-state index is 0.177. The van der Waals surface area contributed by atoms with Crippen molar-refractivity contribution in [1.82, 2.24) is 4.98 Å². The second-order valence-electron chi connectivity index (χ2n) is 5.64. The van der Waals surface area contributed by atoms with Gasteiger partial charge in [0.05, 0.1) is 11.6 Å². The molecule has 118 valence electrons. The first-order valence-corrected chi connectivity index (χ1v) is 7.80. The highest BCUT2D eigenvalue weighted by Crippen LogP contribution is 2.23. The van der Waals surface area contributed by atoms with E-state index in [9.17, 15) is 4.39 Å². The minimum Gasteiger partial charge on any atom is -0.396 e. The van der Waals surface area contributed by atoms with Crippen LogP contribution in [0, 0.1) is 5.82 Å². The number of pyridine rings is 1. The zero-order chi connectivity index (χ0) is 15.4. The smallest absolute Gasteiger partial charge is 0.129 e. The van der Waals surface area contributed by atoms with Gasteiger partial charge in [-0.2, -0.15) is 0 Å². The first-order chi connectivity index (χ1) is 10.8. The van der Waals surface area contributed by atoms with Gasteiger partial charge in [0.25, 0.3) is 0 Å². The van der Waals surface area contributed by atoms with Crippen LogP contribution in [-0.4, -0.2) is 42.5 Å². The van der Waals surface area contributed by atoms with Crippen LogP contribution >= 0.6 is 0 Å². The van der Waals surface area contributed by atoms with E-state index in [0.29, 0.717) is 18.5 Å². The maximum absolute atomic E-state index is 13.3. The highest BCUT2D eigenvalue weighted by molar-refractivity contribution is 5.80. The van der Waals surface area contributed by atoms with Gasteiger partial charge in [-0.05, 0) is 43.5 Å². The number of hydrogen-bond donors (Lipinski definition) is 1. The maximum Gasteiger partial charge on any atom is 0.129 e. The average Bonchev–Trinajstić information content (AvgIpc) is 2.55. The summed E-state index contributed by atoms with van der Waals surface area (Å²) in [6.07, 6.45) is 2.86. The Labute approximate surface area is 129 Å². The van der Waals surface area contributed by atoms with Gasteiger partial charge in [0.15, 0.2) is 0 Å². The van der Waals surface area contributed by atoms with Gasteiger partial charge in [0.1, 0.15) is 11.6 Å². The molecule has 2 heterocycles. The standard InChI is InChI=1S/C17H21FN2O2/c18-14-4-2-13-3-5-17(19-16(13)12-14)20-8-6-15(7-9-20)22-11-1-10-21/h2-5,12,15,21H,1,6-11H2. The fraction of sp³-hybridized carbons (Fsp3) is 0.471. The lowest BCUT2D eigenvalue weighted by Gasteiger charge is -2.32. The number of anilines is 1. The summed E-state index contributed by atoms with van der Waals surface area (Å²) >= 11 is 0. The molecule has 0 aliphatic carbocycles. The van der Waals surface area contributed by atoms with Crippen LogP contribution in [0.4, 0.5) is 10.2 Å². The molecule has 5 heteroatoms. The number of rotatable bonds is 5. The van der Waals surface area contributed by atoms with Crippen molar-refractivity contribution in [2.24, 2.45) is 0 Å². The van der Waals surface area contributed by atoms with Crippen molar-refractivity contribution in [1.29, 1.82) is 0 Å². The van der Waals surface area contributed by atoms with Gasteiger partial charge in [-0.1, -0.05) is 0 Å². The largest absolute Gasteiger partial charge is 0.396 e. The molecule has 1 saturated heterocycles. The van der Waals surface area contributed by atoms with Gasteiger partial charge in [-0.25, -0.2) is 9.37 Å². The second-order valence-corrected chi connectivity index (χ2v) is 5.64. The lowest BCUT2D eigenvalue weighted by atomic mass is 10.1. The van der Waals surface area contributed by atoms with Gasteiger partial charge in [0, 0.05) is 37.8 Å². The van der Waals surface area contributed by atoms with Crippen LogP contribution in [0.25, 0.3) is 10.9 Å². The Balaban J connectivity index is 1.63. The predicted octanol–water partition coefficient (Wildman–Crippen LogP) is 2.74. The number of aliphatic hydroxyl groups excluding tert-OH is 1. The summed E-state index contributed by atoms with van der Waals surface area (Å²) in [5.74, 6) is 0.639. The number of aromatic nitrogens is 1. The summed E-state index contributed by atoms with van der Waals surface area (Å²) < 4.78 is 19.1. The summed E-state index contributed by atoms with van der Waals surface area (Å²) in [5.41, 5.74) is 0.693. The van der Waals surface area contributed by atoms with E-state index in [1.54, 1.807) is 6.07 Å². The lowest BCUT2D eigenvalue weighted by Crippen LogP contribution is -2.37. The van der Waals surface area contributed by atoms with E-state index in [-0.39, 0.29) is 18.5 Å². The molecule has 1 aliphatic rings. The molecule has 0 amide bonds. The predicted molar refractivity (Wildman–Crippen MR) is 84.6 cm³/mol. The zero-order valence-electron chi connectivity index (χ0n) is 12.5. The van der Waals surface area contributed by atoms with Crippen LogP contribution in [0.15, 0.2) is 30.3 Å². The van der Waals surface area contributed by atoms with E-state index in [1.807, 2.05) is 12.1 Å². The number of hydrogen-bond acceptors (Lipinski definition) is 4. The highest BCUT2D eigenvalue weighted by Gasteiger charge is 2.20. The Hall–Kier alpha value is -1.72. The number of piperidine rings is 1. The van der Waals surface area contributed by atoms with E-state index in [4.69, 9.17) is 9.84 Å². The third-order valence-electron chi connectivity index (χ3n) is 4.06. The van der Waals surface area contributed by atoms with Crippen molar-refractivity contribution >= 4 is 16.7 Å². The van der Waals surface area contributed by atoms with Crippen LogP contribution in [0.1, 0.15) is 19.3 Å². The molecule has 2 aromatic rings. The molecule has 22 heavy (non-hydrogen) atoms. The van der Waals surface area contributed by atoms with Crippen LogP contribution < -0.4 is 4.90 Å². The SMILES string of the molecule is OCCCOC1CCN(c2ccc3ccc(F)cc3n2)CC1. The molecular weight excluding hydrogens is 283 g/mol. The van der Waals surface area contributed by atoms with Crippen LogP contribution in [0.5, 0.6) is 0 Å². The van der Waals surface area contributed by atoms with Gasteiger partial charge in [-0.15, -0.1) is 0 Å². The molecule has 0 saturated carbocycles. The third kappa shape index (κ3) is 3.54. The Morgan fingerprint density at radius 2 is 2.00 bits per heavy atom. The molecule has 3 rings (SSSR count). The van der Waals surface area contributed by atoms with E-state index in [0.717, 1.165) is 37.1 Å². The number of ether oxygens (including phenoxy) is 1. The van der Waals surface area contributed by atoms with E-state index >= 15 is 0 Å². The Bertz CT molecular complexity index is 627. The summed E-state index contributed by atoms with van der Waals surface area (Å²) in [7, 11) is 0. The van der Waals surface area contributed by atoms with Crippen LogP contribution in [0.2, 0.25) is 0 Å². The monoisotopic (exact) mass is 304 g/mol. The molecule has 0 unspecified atom stereocenters. The van der Waals surface area contributed by atoms with E-state index in [2.05, 4.69) is 9.88 Å². The molecule has 0 bridgehead atoms. The number of nitrogens with zero attached hydrogens (tertiary/aromatic N) is 2. The molecule has 1 aromatic heterocycles. The molecule has 1 aromatic carbocycles. The molecule has 0 atom stereocenters. The van der Waals surface area contributed by atoms with E-state index < -0.39 is 0 Å². The van der Waals surface area contributed by atoms with Gasteiger partial charge in [0.2, 0.25) is 0 Å². The third-order valence-corrected chi connectivity index (χ3v) is 4.06. The van der Waals surface area contributed by atoms with Crippen molar-refractivity contribution in [2.75, 3.05) is 31.2 Å². The highest BCUT2D eigenvalue weighted by atomic mass is 19.1. The lowest BCUT2D eigenvalue weighted by molar-refractivity contribution is 0.0293. The van der Waals surface area contributed by atoms with Gasteiger partial charge < -0.3 is 14.7 Å². The van der Waals surface area contributed by atoms with Crippen LogP contribution in [-0.2, 0) is 4.74 Å². The topological polar surface area (TPSA) is 45.6 Å². The molecule has 0 spiro atoms. The Morgan fingerprint density at radius 1 is 1.23 bits per heavy atom. The van der Waals surface area contributed by atoms with Crippen molar-refractivity contribution in [3.63, 3.8) is 0 Å².